The van der Waals surface area contributed by atoms with E-state index in [1.807, 2.05) is 0 Å². The zero-order chi connectivity index (χ0) is 16.2. The molecule has 0 unspecified atom stereocenters. The highest BCUT2D eigenvalue weighted by molar-refractivity contribution is 6.31. The minimum absolute atomic E-state index is 0.123. The second-order valence-electron chi connectivity index (χ2n) is 5.58. The van der Waals surface area contributed by atoms with Gasteiger partial charge >= 0.3 is 0 Å². The number of nitrogens with one attached hydrogen (secondary N) is 1. The van der Waals surface area contributed by atoms with Gasteiger partial charge in [-0.3, -0.25) is 4.79 Å². The molecule has 1 aromatic carbocycles. The van der Waals surface area contributed by atoms with Crippen molar-refractivity contribution in [2.45, 2.75) is 58.3 Å². The van der Waals surface area contributed by atoms with Gasteiger partial charge in [0.25, 0.3) is 5.91 Å². The molecule has 1 N–H and O–H groups in total. The molecule has 1 rings (SSSR count). The molecule has 0 spiro atoms. The van der Waals surface area contributed by atoms with E-state index in [9.17, 15) is 4.79 Å². The molecule has 0 radical (unpaired) electrons. The third-order valence-electron chi connectivity index (χ3n) is 3.72. The van der Waals surface area contributed by atoms with Crippen LogP contribution in [0.15, 0.2) is 18.2 Å². The second kappa shape index (κ2) is 11.4. The Morgan fingerprint density at radius 2 is 1.73 bits per heavy atom. The molecule has 22 heavy (non-hydrogen) atoms. The summed E-state index contributed by atoms with van der Waals surface area (Å²) >= 11 is 5.94. The second-order valence-corrected chi connectivity index (χ2v) is 6.01. The molecule has 3 nitrogen and oxygen atoms in total. The van der Waals surface area contributed by atoms with E-state index in [0.717, 1.165) is 6.42 Å². The normalized spacial score (nSPS) is 10.5. The van der Waals surface area contributed by atoms with Crippen LogP contribution in [0.3, 0.4) is 0 Å². The summed E-state index contributed by atoms with van der Waals surface area (Å²) in [5, 5.41) is 3.47. The fourth-order valence-electron chi connectivity index (χ4n) is 2.41. The summed E-state index contributed by atoms with van der Waals surface area (Å²) < 4.78 is 5.19. The fourth-order valence-corrected chi connectivity index (χ4v) is 2.59. The Morgan fingerprint density at radius 1 is 1.09 bits per heavy atom. The molecule has 1 amide bonds. The molecular weight excluding hydrogens is 298 g/mol. The molecule has 124 valence electrons. The molecule has 0 aliphatic rings. The maximum absolute atomic E-state index is 12.1. The lowest BCUT2D eigenvalue weighted by molar-refractivity contribution is 0.0950. The van der Waals surface area contributed by atoms with E-state index < -0.39 is 0 Å². The number of hydrogen-bond acceptors (Lipinski definition) is 2. The lowest BCUT2D eigenvalue weighted by Gasteiger charge is -2.09. The Morgan fingerprint density at radius 3 is 2.36 bits per heavy atom. The van der Waals surface area contributed by atoms with Gasteiger partial charge in [0.15, 0.2) is 0 Å². The predicted molar refractivity (Wildman–Crippen MR) is 92.9 cm³/mol. The number of hydrogen-bond donors (Lipinski definition) is 1. The summed E-state index contributed by atoms with van der Waals surface area (Å²) in [5.74, 6) is 0.431. The smallest absolute Gasteiger partial charge is 0.255 e. The summed E-state index contributed by atoms with van der Waals surface area (Å²) in [5.41, 5.74) is 0.495. The van der Waals surface area contributed by atoms with Gasteiger partial charge in [-0.1, -0.05) is 63.5 Å². The first-order chi connectivity index (χ1) is 10.7. The van der Waals surface area contributed by atoms with Gasteiger partial charge in [-0.05, 0) is 24.6 Å². The van der Waals surface area contributed by atoms with Gasteiger partial charge in [-0.15, -0.1) is 0 Å². The molecule has 0 saturated heterocycles. The van der Waals surface area contributed by atoms with Gasteiger partial charge < -0.3 is 10.1 Å². The fraction of sp³-hybridized carbons (Fsp3) is 0.611. The van der Waals surface area contributed by atoms with Crippen LogP contribution in [0.5, 0.6) is 5.75 Å². The van der Waals surface area contributed by atoms with Crippen LogP contribution in [0.2, 0.25) is 5.02 Å². The van der Waals surface area contributed by atoms with Crippen molar-refractivity contribution in [2.24, 2.45) is 0 Å². The molecule has 0 aliphatic heterocycles. The number of ether oxygens (including phenoxy) is 1. The highest BCUT2D eigenvalue weighted by Gasteiger charge is 2.12. The van der Waals surface area contributed by atoms with E-state index in [-0.39, 0.29) is 5.91 Å². The van der Waals surface area contributed by atoms with Crippen molar-refractivity contribution >= 4 is 17.5 Å². The number of benzene rings is 1. The van der Waals surface area contributed by atoms with Crippen molar-refractivity contribution in [2.75, 3.05) is 13.7 Å². The summed E-state index contributed by atoms with van der Waals surface area (Å²) in [6.45, 7) is 2.93. The first-order valence-corrected chi connectivity index (χ1v) is 8.68. The number of unbranched alkanes of at least 4 members (excludes halogenated alkanes) is 7. The summed E-state index contributed by atoms with van der Waals surface area (Å²) in [4.78, 5) is 12.1. The topological polar surface area (TPSA) is 38.3 Å². The van der Waals surface area contributed by atoms with Gasteiger partial charge in [0.2, 0.25) is 0 Å². The Bertz CT molecular complexity index is 449. The van der Waals surface area contributed by atoms with Gasteiger partial charge in [0, 0.05) is 11.6 Å². The maximum atomic E-state index is 12.1. The van der Waals surface area contributed by atoms with Gasteiger partial charge in [-0.25, -0.2) is 0 Å². The summed E-state index contributed by atoms with van der Waals surface area (Å²) in [6, 6.07) is 5.08. The largest absolute Gasteiger partial charge is 0.496 e. The molecule has 0 aromatic heterocycles. The lowest BCUT2D eigenvalue weighted by atomic mass is 10.1. The van der Waals surface area contributed by atoms with E-state index >= 15 is 0 Å². The first-order valence-electron chi connectivity index (χ1n) is 8.30. The third-order valence-corrected chi connectivity index (χ3v) is 3.96. The van der Waals surface area contributed by atoms with E-state index in [1.165, 1.54) is 44.9 Å². The highest BCUT2D eigenvalue weighted by atomic mass is 35.5. The number of halogens is 1. The summed E-state index contributed by atoms with van der Waals surface area (Å²) in [7, 11) is 1.55. The van der Waals surface area contributed by atoms with Crippen LogP contribution in [0.4, 0.5) is 0 Å². The molecular formula is C18H28ClNO2. The average Bonchev–Trinajstić information content (AvgIpc) is 2.53. The Kier molecular flexibility index (Phi) is 9.72. The molecule has 0 atom stereocenters. The third kappa shape index (κ3) is 7.17. The van der Waals surface area contributed by atoms with Crippen molar-refractivity contribution in [3.63, 3.8) is 0 Å². The first kappa shape index (κ1) is 18.8. The van der Waals surface area contributed by atoms with E-state index in [1.54, 1.807) is 25.3 Å². The maximum Gasteiger partial charge on any atom is 0.255 e. The quantitative estimate of drug-likeness (QED) is 0.566. The van der Waals surface area contributed by atoms with E-state index in [2.05, 4.69) is 12.2 Å². The number of amides is 1. The number of carbonyl (C=O) groups is 1. The van der Waals surface area contributed by atoms with E-state index in [4.69, 9.17) is 16.3 Å². The van der Waals surface area contributed by atoms with Crippen LogP contribution in [0.25, 0.3) is 0 Å². The zero-order valence-corrected chi connectivity index (χ0v) is 14.5. The zero-order valence-electron chi connectivity index (χ0n) is 13.8. The predicted octanol–water partition coefficient (Wildman–Crippen LogP) is 5.22. The van der Waals surface area contributed by atoms with E-state index in [0.29, 0.717) is 22.9 Å². The number of carbonyl (C=O) groups excluding carboxylic acids is 1. The van der Waals surface area contributed by atoms with Crippen LogP contribution >= 0.6 is 11.6 Å². The molecule has 0 aliphatic carbocycles. The summed E-state index contributed by atoms with van der Waals surface area (Å²) in [6.07, 6.45) is 10.1. The minimum Gasteiger partial charge on any atom is -0.496 e. The van der Waals surface area contributed by atoms with Crippen molar-refractivity contribution in [1.29, 1.82) is 0 Å². The molecule has 0 saturated carbocycles. The highest BCUT2D eigenvalue weighted by Crippen LogP contribution is 2.22. The van der Waals surface area contributed by atoms with Crippen molar-refractivity contribution in [1.82, 2.24) is 5.32 Å². The minimum atomic E-state index is -0.123. The molecule has 1 aromatic rings. The van der Waals surface area contributed by atoms with Crippen LogP contribution < -0.4 is 10.1 Å². The van der Waals surface area contributed by atoms with Gasteiger partial charge in [0.1, 0.15) is 5.75 Å². The Labute approximate surface area is 139 Å². The number of methoxy groups -OCH3 is 1. The van der Waals surface area contributed by atoms with Crippen LogP contribution in [-0.2, 0) is 0 Å². The Hall–Kier alpha value is -1.22. The van der Waals surface area contributed by atoms with Gasteiger partial charge in [-0.2, -0.15) is 0 Å². The standard InChI is InChI=1S/C18H28ClNO2/c1-3-4-5-6-7-8-9-10-13-20-18(21)16-14-15(19)11-12-17(16)22-2/h11-12,14H,3-10,13H2,1-2H3,(H,20,21). The van der Waals surface area contributed by atoms with Crippen molar-refractivity contribution in [3.05, 3.63) is 28.8 Å². The molecule has 0 fully saturated rings. The monoisotopic (exact) mass is 325 g/mol. The van der Waals surface area contributed by atoms with Crippen LogP contribution in [0.1, 0.15) is 68.6 Å². The average molecular weight is 326 g/mol. The molecule has 0 bridgehead atoms. The van der Waals surface area contributed by atoms with Crippen LogP contribution in [0, 0.1) is 0 Å². The number of rotatable bonds is 11. The van der Waals surface area contributed by atoms with Crippen LogP contribution in [-0.4, -0.2) is 19.6 Å². The Balaban J connectivity index is 2.20. The van der Waals surface area contributed by atoms with Gasteiger partial charge in [0.05, 0.1) is 12.7 Å². The lowest BCUT2D eigenvalue weighted by Crippen LogP contribution is -2.24. The molecule has 4 heteroatoms. The van der Waals surface area contributed by atoms with Crippen molar-refractivity contribution in [3.8, 4) is 5.75 Å². The van der Waals surface area contributed by atoms with Crippen molar-refractivity contribution < 1.29 is 9.53 Å². The molecule has 0 heterocycles. The SMILES string of the molecule is CCCCCCCCCCNC(=O)c1cc(Cl)ccc1OC.